The van der Waals surface area contributed by atoms with Crippen LogP contribution in [0.4, 0.5) is 0 Å². The molecule has 2 nitrogen and oxygen atoms in total. The van der Waals surface area contributed by atoms with Gasteiger partial charge in [-0.05, 0) is 0 Å². The lowest BCUT2D eigenvalue weighted by Gasteiger charge is -1.79. The molecular formula is C3H3Cl3O2. The fraction of sp³-hybridized carbons (Fsp3) is 0. The summed E-state index contributed by atoms with van der Waals surface area (Å²) in [7, 11) is 0. The number of aliphatic carboxylic acids is 1. The number of halogens is 3. The lowest BCUT2D eigenvalue weighted by atomic mass is 10.7. The Morgan fingerprint density at radius 2 is 2.00 bits per heavy atom. The van der Waals surface area contributed by atoms with Crippen molar-refractivity contribution in [1.29, 1.82) is 0 Å². The van der Waals surface area contributed by atoms with Crippen LogP contribution in [-0.2, 0) is 4.79 Å². The molecule has 0 radical (unpaired) electrons. The van der Waals surface area contributed by atoms with Gasteiger partial charge in [0.25, 0.3) is 0 Å². The Hall–Kier alpha value is 0.0800. The quantitative estimate of drug-likeness (QED) is 0.620. The highest BCUT2D eigenvalue weighted by Crippen LogP contribution is 2.00. The third-order valence-electron chi connectivity index (χ3n) is 0.300. The minimum absolute atomic E-state index is 0. The van der Waals surface area contributed by atoms with Crippen molar-refractivity contribution in [3.05, 3.63) is 10.6 Å². The monoisotopic (exact) mass is 176 g/mol. The number of carboxylic acid groups (broad SMARTS) is 1. The maximum absolute atomic E-state index is 9.65. The fourth-order valence-electron chi connectivity index (χ4n) is 0.0467. The molecule has 8 heavy (non-hydrogen) atoms. The maximum Gasteiger partial charge on any atom is 0.348 e. The lowest BCUT2D eigenvalue weighted by Crippen LogP contribution is -1.91. The first-order valence-electron chi connectivity index (χ1n) is 1.37. The van der Waals surface area contributed by atoms with Crippen molar-refractivity contribution in [2.24, 2.45) is 0 Å². The molecule has 1 N–H and O–H groups in total. The minimum Gasteiger partial charge on any atom is -0.477 e. The van der Waals surface area contributed by atoms with Gasteiger partial charge in [0, 0.05) is 5.54 Å². The van der Waals surface area contributed by atoms with Crippen LogP contribution in [0, 0.1) is 0 Å². The van der Waals surface area contributed by atoms with Gasteiger partial charge in [-0.1, -0.05) is 23.2 Å². The summed E-state index contributed by atoms with van der Waals surface area (Å²) in [5.74, 6) is -1.21. The molecule has 0 unspecified atom stereocenters. The standard InChI is InChI=1S/C3H2Cl2O2.ClH/c4-1-2(5)3(6)7;/h1H,(H,6,7);1H. The van der Waals surface area contributed by atoms with Crippen LogP contribution in [0.15, 0.2) is 10.6 Å². The van der Waals surface area contributed by atoms with Crippen LogP contribution in [0.5, 0.6) is 0 Å². The molecule has 0 saturated carbocycles. The van der Waals surface area contributed by atoms with Gasteiger partial charge in [-0.2, -0.15) is 0 Å². The normalized spacial score (nSPS) is 10.0. The summed E-state index contributed by atoms with van der Waals surface area (Å²) in [6, 6.07) is 0. The van der Waals surface area contributed by atoms with Crippen LogP contribution in [0.2, 0.25) is 0 Å². The summed E-state index contributed by atoms with van der Waals surface area (Å²) >= 11 is 9.80. The van der Waals surface area contributed by atoms with E-state index in [2.05, 4.69) is 0 Å². The van der Waals surface area contributed by atoms with Gasteiger partial charge in [-0.15, -0.1) is 12.4 Å². The molecule has 0 atom stereocenters. The van der Waals surface area contributed by atoms with E-state index in [4.69, 9.17) is 28.3 Å². The van der Waals surface area contributed by atoms with Gasteiger partial charge in [0.1, 0.15) is 5.03 Å². The second-order valence-electron chi connectivity index (χ2n) is 0.762. The molecule has 0 aromatic rings. The van der Waals surface area contributed by atoms with Crippen molar-refractivity contribution < 1.29 is 9.90 Å². The van der Waals surface area contributed by atoms with Crippen molar-refractivity contribution in [3.63, 3.8) is 0 Å². The maximum atomic E-state index is 9.65. The van der Waals surface area contributed by atoms with E-state index < -0.39 is 5.97 Å². The van der Waals surface area contributed by atoms with Crippen molar-refractivity contribution >= 4 is 41.6 Å². The molecule has 5 heteroatoms. The molecule has 0 aliphatic rings. The largest absolute Gasteiger partial charge is 0.477 e. The second kappa shape index (κ2) is 5.22. The first-order chi connectivity index (χ1) is 3.18. The Labute approximate surface area is 62.5 Å². The molecule has 0 heterocycles. The summed E-state index contributed by atoms with van der Waals surface area (Å²) in [5.41, 5.74) is 0.796. The van der Waals surface area contributed by atoms with Gasteiger partial charge in [0.2, 0.25) is 0 Å². The second-order valence-corrected chi connectivity index (χ2v) is 1.39. The molecule has 48 valence electrons. The van der Waals surface area contributed by atoms with E-state index in [9.17, 15) is 4.79 Å². The number of hydrogen-bond acceptors (Lipinski definition) is 1. The summed E-state index contributed by atoms with van der Waals surface area (Å²) in [6.45, 7) is 0. The molecule has 0 aliphatic heterocycles. The highest BCUT2D eigenvalue weighted by molar-refractivity contribution is 6.45. The van der Waals surface area contributed by atoms with Crippen molar-refractivity contribution in [2.45, 2.75) is 0 Å². The van der Waals surface area contributed by atoms with Gasteiger partial charge >= 0.3 is 5.97 Å². The summed E-state index contributed by atoms with van der Waals surface area (Å²) in [4.78, 5) is 9.65. The molecule has 0 saturated heterocycles. The molecule has 0 amide bonds. The summed E-state index contributed by atoms with van der Waals surface area (Å²) < 4.78 is 0. The average molecular weight is 177 g/mol. The van der Waals surface area contributed by atoms with Gasteiger partial charge in [0.05, 0.1) is 0 Å². The van der Waals surface area contributed by atoms with Crippen LogP contribution in [-0.4, -0.2) is 11.1 Å². The fourth-order valence-corrected chi connectivity index (χ4v) is 0.140. The van der Waals surface area contributed by atoms with E-state index in [1.54, 1.807) is 0 Å². The average Bonchev–Trinajstić information content (AvgIpc) is 1.65. The van der Waals surface area contributed by atoms with Crippen molar-refractivity contribution in [2.75, 3.05) is 0 Å². The molecule has 0 fully saturated rings. The van der Waals surface area contributed by atoms with Gasteiger partial charge < -0.3 is 5.11 Å². The molecule has 0 spiro atoms. The molecule has 0 bridgehead atoms. The topological polar surface area (TPSA) is 37.3 Å². The predicted molar refractivity (Wildman–Crippen MR) is 34.7 cm³/mol. The summed E-state index contributed by atoms with van der Waals surface area (Å²) in [5, 5.41) is 7.52. The van der Waals surface area contributed by atoms with Crippen LogP contribution >= 0.6 is 35.6 Å². The third-order valence-corrected chi connectivity index (χ3v) is 0.901. The summed E-state index contributed by atoms with van der Waals surface area (Å²) in [6.07, 6.45) is 0. The van der Waals surface area contributed by atoms with Crippen molar-refractivity contribution in [1.82, 2.24) is 0 Å². The zero-order valence-corrected chi connectivity index (χ0v) is 5.93. The van der Waals surface area contributed by atoms with Crippen LogP contribution in [0.25, 0.3) is 0 Å². The van der Waals surface area contributed by atoms with Gasteiger partial charge in [-0.25, -0.2) is 4.79 Å². The molecular weight excluding hydrogens is 174 g/mol. The van der Waals surface area contributed by atoms with Crippen LogP contribution in [0.3, 0.4) is 0 Å². The SMILES string of the molecule is Cl.O=C(O)C(Cl)=CCl. The highest BCUT2D eigenvalue weighted by Gasteiger charge is 1.98. The van der Waals surface area contributed by atoms with E-state index in [0.29, 0.717) is 0 Å². The number of carboxylic acids is 1. The Balaban J connectivity index is 0. The van der Waals surface area contributed by atoms with E-state index in [-0.39, 0.29) is 17.4 Å². The zero-order chi connectivity index (χ0) is 5.86. The van der Waals surface area contributed by atoms with E-state index >= 15 is 0 Å². The lowest BCUT2D eigenvalue weighted by molar-refractivity contribution is -0.131. The van der Waals surface area contributed by atoms with Crippen LogP contribution < -0.4 is 0 Å². The molecule has 0 aliphatic carbocycles. The number of carbonyl (C=O) groups is 1. The smallest absolute Gasteiger partial charge is 0.348 e. The Morgan fingerprint density at radius 3 is 2.00 bits per heavy atom. The molecule has 0 rings (SSSR count). The first-order valence-corrected chi connectivity index (χ1v) is 2.19. The van der Waals surface area contributed by atoms with Crippen LogP contribution in [0.1, 0.15) is 0 Å². The van der Waals surface area contributed by atoms with E-state index in [1.165, 1.54) is 0 Å². The van der Waals surface area contributed by atoms with Gasteiger partial charge in [0.15, 0.2) is 0 Å². The Morgan fingerprint density at radius 1 is 1.62 bits per heavy atom. The Kier molecular flexibility index (Phi) is 7.15. The van der Waals surface area contributed by atoms with Crippen molar-refractivity contribution in [3.8, 4) is 0 Å². The predicted octanol–water partition coefficient (Wildman–Crippen LogP) is 1.81. The number of hydrogen-bond donors (Lipinski definition) is 1. The first kappa shape index (κ1) is 11.0. The highest BCUT2D eigenvalue weighted by atomic mass is 35.5. The molecule has 0 aromatic carbocycles. The minimum atomic E-state index is -1.21. The van der Waals surface area contributed by atoms with E-state index in [1.807, 2.05) is 0 Å². The number of rotatable bonds is 1. The zero-order valence-electron chi connectivity index (χ0n) is 3.60. The third kappa shape index (κ3) is 4.24. The van der Waals surface area contributed by atoms with Gasteiger partial charge in [-0.3, -0.25) is 0 Å². The Bertz CT molecular complexity index is 109. The van der Waals surface area contributed by atoms with E-state index in [0.717, 1.165) is 5.54 Å². The molecule has 0 aromatic heterocycles.